The number of rotatable bonds is 5. The fourth-order valence-corrected chi connectivity index (χ4v) is 3.64. The number of nitrogens with one attached hydrogen (secondary N) is 2. The van der Waals surface area contributed by atoms with Crippen LogP contribution in [0.5, 0.6) is 0 Å². The van der Waals surface area contributed by atoms with E-state index in [-0.39, 0.29) is 10.6 Å². The molecule has 8 heteroatoms. The first-order valence-electron chi connectivity index (χ1n) is 8.89. The monoisotopic (exact) mass is 381 g/mol. The maximum atomic E-state index is 13.1. The summed E-state index contributed by atoms with van der Waals surface area (Å²) in [6, 6.07) is 12.4. The number of nitro benzene ring substituents is 1. The average molecular weight is 381 g/mol. The van der Waals surface area contributed by atoms with Gasteiger partial charge in [-0.25, -0.2) is 0 Å². The summed E-state index contributed by atoms with van der Waals surface area (Å²) >= 11 is 0. The molecule has 3 rings (SSSR count). The molecule has 1 fully saturated rings. The van der Waals surface area contributed by atoms with Gasteiger partial charge in [-0.3, -0.25) is 10.1 Å². The van der Waals surface area contributed by atoms with Crippen LogP contribution in [0.4, 0.5) is 18.9 Å². The molecule has 0 atom stereocenters. The standard InChI is InChI=1S/C19H20F3N3O2/c20-19(21,22)17-7-3-1-5-15(17)13-23-9-11-24(12-10-23)14-16-6-2-4-8-18(16)25(26)27/h1-8H,9-14H2/p+2. The third-order valence-electron chi connectivity index (χ3n) is 5.06. The molecule has 0 bridgehead atoms. The molecule has 1 heterocycles. The van der Waals surface area contributed by atoms with Crippen LogP contribution < -0.4 is 9.80 Å². The summed E-state index contributed by atoms with van der Waals surface area (Å²) in [6.07, 6.45) is -4.34. The number of nitro groups is 1. The van der Waals surface area contributed by atoms with Crippen molar-refractivity contribution in [1.29, 1.82) is 0 Å². The minimum absolute atomic E-state index is 0.124. The second kappa shape index (κ2) is 8.06. The van der Waals surface area contributed by atoms with Gasteiger partial charge in [0, 0.05) is 11.6 Å². The molecular weight excluding hydrogens is 359 g/mol. The SMILES string of the molecule is O=[N+]([O-])c1ccccc1C[NH+]1CC[NH+](Cc2ccccc2C(F)(F)F)CC1. The van der Waals surface area contributed by atoms with Crippen molar-refractivity contribution >= 4 is 5.69 Å². The Morgan fingerprint density at radius 3 is 1.89 bits per heavy atom. The summed E-state index contributed by atoms with van der Waals surface area (Å²) < 4.78 is 39.4. The molecule has 2 aromatic carbocycles. The molecule has 1 aliphatic heterocycles. The van der Waals surface area contributed by atoms with E-state index < -0.39 is 11.7 Å². The van der Waals surface area contributed by atoms with Crippen molar-refractivity contribution in [3.63, 3.8) is 0 Å². The first kappa shape index (κ1) is 19.3. The van der Waals surface area contributed by atoms with Crippen molar-refractivity contribution in [2.75, 3.05) is 26.2 Å². The zero-order valence-corrected chi connectivity index (χ0v) is 14.8. The van der Waals surface area contributed by atoms with Gasteiger partial charge in [0.1, 0.15) is 39.3 Å². The molecule has 27 heavy (non-hydrogen) atoms. The number of alkyl halides is 3. The minimum atomic E-state index is -4.34. The predicted molar refractivity (Wildman–Crippen MR) is 93.3 cm³/mol. The van der Waals surface area contributed by atoms with E-state index in [2.05, 4.69) is 0 Å². The van der Waals surface area contributed by atoms with Gasteiger partial charge in [0.05, 0.1) is 16.1 Å². The number of hydrogen-bond donors (Lipinski definition) is 2. The molecule has 0 aromatic heterocycles. The van der Waals surface area contributed by atoms with Crippen LogP contribution in [0.15, 0.2) is 48.5 Å². The third kappa shape index (κ3) is 4.84. The molecule has 2 aromatic rings. The van der Waals surface area contributed by atoms with Crippen molar-refractivity contribution < 1.29 is 27.9 Å². The molecule has 2 N–H and O–H groups in total. The quantitative estimate of drug-likeness (QED) is 0.602. The lowest BCUT2D eigenvalue weighted by atomic mass is 10.1. The normalized spacial score (nSPS) is 20.4. The summed E-state index contributed by atoms with van der Waals surface area (Å²) in [5.41, 5.74) is 0.580. The van der Waals surface area contributed by atoms with Crippen LogP contribution in [-0.4, -0.2) is 31.1 Å². The van der Waals surface area contributed by atoms with Gasteiger partial charge in [-0.1, -0.05) is 30.3 Å². The molecule has 0 unspecified atom stereocenters. The fourth-order valence-electron chi connectivity index (χ4n) is 3.64. The van der Waals surface area contributed by atoms with Crippen LogP contribution in [0.3, 0.4) is 0 Å². The van der Waals surface area contributed by atoms with Crippen LogP contribution in [-0.2, 0) is 19.3 Å². The van der Waals surface area contributed by atoms with Gasteiger partial charge in [0.15, 0.2) is 0 Å². The predicted octanol–water partition coefficient (Wildman–Crippen LogP) is 1.10. The number of halogens is 3. The van der Waals surface area contributed by atoms with Crippen molar-refractivity contribution in [1.82, 2.24) is 0 Å². The zero-order valence-electron chi connectivity index (χ0n) is 14.8. The maximum absolute atomic E-state index is 13.1. The first-order chi connectivity index (χ1) is 12.8. The highest BCUT2D eigenvalue weighted by Gasteiger charge is 2.34. The number of hydrogen-bond acceptors (Lipinski definition) is 2. The number of nitrogens with zero attached hydrogens (tertiary/aromatic N) is 1. The lowest BCUT2D eigenvalue weighted by Crippen LogP contribution is -3.27. The van der Waals surface area contributed by atoms with E-state index in [1.807, 2.05) is 0 Å². The fraction of sp³-hybridized carbons (Fsp3) is 0.368. The van der Waals surface area contributed by atoms with E-state index in [9.17, 15) is 23.3 Å². The van der Waals surface area contributed by atoms with E-state index in [4.69, 9.17) is 0 Å². The van der Waals surface area contributed by atoms with Crippen molar-refractivity contribution in [3.05, 3.63) is 75.3 Å². The van der Waals surface area contributed by atoms with Gasteiger partial charge < -0.3 is 9.80 Å². The van der Waals surface area contributed by atoms with Gasteiger partial charge in [-0.15, -0.1) is 0 Å². The lowest BCUT2D eigenvalue weighted by Gasteiger charge is -2.30. The summed E-state index contributed by atoms with van der Waals surface area (Å²) in [5, 5.41) is 11.1. The Balaban J connectivity index is 1.60. The average Bonchev–Trinajstić information content (AvgIpc) is 2.63. The van der Waals surface area contributed by atoms with Crippen LogP contribution in [0.2, 0.25) is 0 Å². The number of piperazine rings is 1. The van der Waals surface area contributed by atoms with Gasteiger partial charge in [0.2, 0.25) is 0 Å². The summed E-state index contributed by atoms with van der Waals surface area (Å²) in [7, 11) is 0. The Hall–Kier alpha value is -2.45. The molecule has 0 amide bonds. The molecule has 1 saturated heterocycles. The summed E-state index contributed by atoms with van der Waals surface area (Å²) in [5.74, 6) is 0. The molecule has 1 aliphatic rings. The summed E-state index contributed by atoms with van der Waals surface area (Å²) in [6.45, 7) is 3.92. The zero-order chi connectivity index (χ0) is 19.4. The highest BCUT2D eigenvalue weighted by Crippen LogP contribution is 2.31. The van der Waals surface area contributed by atoms with Gasteiger partial charge >= 0.3 is 6.18 Å². The second-order valence-electron chi connectivity index (χ2n) is 6.89. The molecule has 0 radical (unpaired) electrons. The smallest absolute Gasteiger partial charge is 0.322 e. The van der Waals surface area contributed by atoms with Gasteiger partial charge in [0.25, 0.3) is 5.69 Å². The van der Waals surface area contributed by atoms with E-state index >= 15 is 0 Å². The molecule has 5 nitrogen and oxygen atoms in total. The highest BCUT2D eigenvalue weighted by molar-refractivity contribution is 5.39. The molecule has 0 spiro atoms. The lowest BCUT2D eigenvalue weighted by molar-refractivity contribution is -1.02. The van der Waals surface area contributed by atoms with E-state index in [0.29, 0.717) is 24.2 Å². The third-order valence-corrected chi connectivity index (χ3v) is 5.06. The molecule has 0 aliphatic carbocycles. The highest BCUT2D eigenvalue weighted by atomic mass is 19.4. The molecule has 0 saturated carbocycles. The Bertz CT molecular complexity index is 803. The van der Waals surface area contributed by atoms with Crippen molar-refractivity contribution in [2.45, 2.75) is 19.3 Å². The topological polar surface area (TPSA) is 52.0 Å². The van der Waals surface area contributed by atoms with Crippen molar-refractivity contribution in [2.24, 2.45) is 0 Å². The van der Waals surface area contributed by atoms with Crippen LogP contribution in [0.1, 0.15) is 16.7 Å². The Morgan fingerprint density at radius 1 is 0.852 bits per heavy atom. The van der Waals surface area contributed by atoms with Crippen LogP contribution >= 0.6 is 0 Å². The van der Waals surface area contributed by atoms with Gasteiger partial charge in [-0.05, 0) is 12.1 Å². The number of quaternary nitrogens is 2. The maximum Gasteiger partial charge on any atom is 0.416 e. The molecule has 144 valence electrons. The minimum Gasteiger partial charge on any atom is -0.322 e. The largest absolute Gasteiger partial charge is 0.416 e. The Morgan fingerprint density at radius 2 is 1.33 bits per heavy atom. The number of para-hydroxylation sites is 1. The first-order valence-corrected chi connectivity index (χ1v) is 8.89. The van der Waals surface area contributed by atoms with Gasteiger partial charge in [-0.2, -0.15) is 13.2 Å². The Kier molecular flexibility index (Phi) is 5.76. The number of benzene rings is 2. The van der Waals surface area contributed by atoms with E-state index in [0.717, 1.165) is 37.1 Å². The van der Waals surface area contributed by atoms with Crippen LogP contribution in [0, 0.1) is 10.1 Å². The van der Waals surface area contributed by atoms with Crippen LogP contribution in [0.25, 0.3) is 0 Å². The van der Waals surface area contributed by atoms with E-state index in [1.165, 1.54) is 17.0 Å². The van der Waals surface area contributed by atoms with E-state index in [1.54, 1.807) is 30.3 Å². The summed E-state index contributed by atoms with van der Waals surface area (Å²) in [4.78, 5) is 13.1. The Labute approximate surface area is 155 Å². The second-order valence-corrected chi connectivity index (χ2v) is 6.89. The molecular formula is C19H22F3N3O2+2. The van der Waals surface area contributed by atoms with Crippen molar-refractivity contribution in [3.8, 4) is 0 Å².